The van der Waals surface area contributed by atoms with Crippen LogP contribution in [-0.4, -0.2) is 101 Å². The number of hydrogen-bond donors (Lipinski definition) is 3. The van der Waals surface area contributed by atoms with Crippen LogP contribution in [0.5, 0.6) is 0 Å². The second kappa shape index (κ2) is 18.3. The van der Waals surface area contributed by atoms with E-state index < -0.39 is 113 Å². The molecule has 2 saturated carbocycles. The first-order valence-electron chi connectivity index (χ1n) is 21.6. The number of fused-ring (bicyclic) bond motifs is 5. The maximum Gasteiger partial charge on any atom is 0.509 e. The second-order valence-corrected chi connectivity index (χ2v) is 17.8. The van der Waals surface area contributed by atoms with Crippen LogP contribution in [-0.2, 0) is 42.8 Å². The van der Waals surface area contributed by atoms with E-state index in [2.05, 4.69) is 5.32 Å². The largest absolute Gasteiger partial charge is 0.509 e. The van der Waals surface area contributed by atoms with E-state index in [1.807, 2.05) is 0 Å². The number of amides is 1. The Kier molecular flexibility index (Phi) is 13.2. The molecule has 3 aliphatic carbocycles. The van der Waals surface area contributed by atoms with Crippen molar-refractivity contribution in [2.45, 2.75) is 109 Å². The third-order valence-corrected chi connectivity index (χ3v) is 13.7. The van der Waals surface area contributed by atoms with Gasteiger partial charge in [-0.1, -0.05) is 87.5 Å². The molecule has 0 spiro atoms. The number of rotatable bonds is 12. The van der Waals surface area contributed by atoms with Crippen LogP contribution in [0.15, 0.2) is 102 Å². The average Bonchev–Trinajstić information content (AvgIpc) is 3.27. The number of ketones is 1. The molecule has 2 bridgehead atoms. The van der Waals surface area contributed by atoms with Crippen LogP contribution in [0.4, 0.5) is 4.79 Å². The molecule has 0 radical (unpaired) electrons. The Hall–Kier alpha value is -5.90. The summed E-state index contributed by atoms with van der Waals surface area (Å²) in [5.74, 6) is -5.74. The zero-order valence-corrected chi connectivity index (χ0v) is 36.7. The smallest absolute Gasteiger partial charge is 0.455 e. The molecule has 3 aromatic carbocycles. The number of aliphatic hydroxyl groups is 2. The molecule has 64 heavy (non-hydrogen) atoms. The van der Waals surface area contributed by atoms with Crippen molar-refractivity contribution in [3.8, 4) is 0 Å². The number of ether oxygens (including phenoxy) is 6. The Balaban J connectivity index is 1.38. The lowest BCUT2D eigenvalue weighted by Crippen LogP contribution is -2.75. The fourth-order valence-corrected chi connectivity index (χ4v) is 10.2. The van der Waals surface area contributed by atoms with E-state index >= 15 is 4.79 Å². The normalized spacial score (nSPS) is 30.0. The minimum atomic E-state index is -2.23. The van der Waals surface area contributed by atoms with Crippen LogP contribution in [0.2, 0.25) is 0 Å². The molecule has 1 heterocycles. The van der Waals surface area contributed by atoms with Gasteiger partial charge in [-0.05, 0) is 61.2 Å². The van der Waals surface area contributed by atoms with Gasteiger partial charge in [0.15, 0.2) is 11.9 Å². The van der Waals surface area contributed by atoms with Crippen LogP contribution >= 0.6 is 0 Å². The first kappa shape index (κ1) is 46.1. The molecule has 15 heteroatoms. The Morgan fingerprint density at radius 2 is 1.48 bits per heavy atom. The summed E-state index contributed by atoms with van der Waals surface area (Å²) in [6, 6.07) is 23.3. The number of aliphatic hydroxyl groups excluding tert-OH is 1. The van der Waals surface area contributed by atoms with E-state index in [1.54, 1.807) is 119 Å². The van der Waals surface area contributed by atoms with E-state index in [0.29, 0.717) is 12.0 Å². The minimum absolute atomic E-state index is 0.0424. The van der Waals surface area contributed by atoms with E-state index in [1.165, 1.54) is 6.92 Å². The predicted molar refractivity (Wildman–Crippen MR) is 227 cm³/mol. The van der Waals surface area contributed by atoms with E-state index in [4.69, 9.17) is 28.4 Å². The van der Waals surface area contributed by atoms with Gasteiger partial charge < -0.3 is 44.0 Å². The number of Topliss-reactive ketones (excluding diaryl/α,β-unsaturated/α-hetero) is 1. The Morgan fingerprint density at radius 1 is 0.875 bits per heavy atom. The second-order valence-electron chi connectivity index (χ2n) is 17.8. The van der Waals surface area contributed by atoms with Crippen LogP contribution in [0.3, 0.4) is 0 Å². The molecule has 1 aliphatic heterocycles. The number of nitrogens with one attached hydrogen (secondary N) is 1. The van der Waals surface area contributed by atoms with Crippen molar-refractivity contribution in [3.63, 3.8) is 0 Å². The number of benzene rings is 3. The molecule has 3 N–H and O–H groups in total. The standard InChI is InChI=1S/C49H55NO14/c1-7-23-59-46(57)63-40(38(29-17-11-8-12-18-29)50-43(54)30-19-13-9-14-20-30)45(56)62-34-25-49(58)42(64-44(55)31-21-15-10-16-22-31)37-32-26-60-33(32)24-35(52)48(37,6)41(53)39(61-28(3)51)36(27(34)2)47(49,4)5/h8-22,32-35,37-40,42,52,58H,7,23-26H2,1-6H3,(H,50,54)/t32?,33?,34-,35?,37?,38-,39?,40+,42?,48?,49?/m0/s1. The number of carbonyl (C=O) groups excluding carboxylic acids is 6. The zero-order valence-electron chi connectivity index (χ0n) is 36.7. The lowest BCUT2D eigenvalue weighted by Gasteiger charge is -2.64. The minimum Gasteiger partial charge on any atom is -0.455 e. The molecule has 11 atom stereocenters. The van der Waals surface area contributed by atoms with Crippen LogP contribution < -0.4 is 5.32 Å². The highest BCUT2D eigenvalue weighted by atomic mass is 16.7. The molecule has 8 unspecified atom stereocenters. The lowest BCUT2D eigenvalue weighted by atomic mass is 9.46. The van der Waals surface area contributed by atoms with E-state index in [0.717, 1.165) is 6.92 Å². The lowest BCUT2D eigenvalue weighted by molar-refractivity contribution is -0.277. The topological polar surface area (TPSA) is 210 Å². The van der Waals surface area contributed by atoms with Crippen molar-refractivity contribution in [2.75, 3.05) is 13.2 Å². The summed E-state index contributed by atoms with van der Waals surface area (Å²) in [5, 5.41) is 28.4. The molecule has 340 valence electrons. The molecule has 3 aromatic rings. The van der Waals surface area contributed by atoms with Crippen LogP contribution in [0.25, 0.3) is 0 Å². The highest BCUT2D eigenvalue weighted by Gasteiger charge is 2.73. The van der Waals surface area contributed by atoms with Crippen LogP contribution in [0, 0.1) is 22.7 Å². The summed E-state index contributed by atoms with van der Waals surface area (Å²) in [4.78, 5) is 84.5. The van der Waals surface area contributed by atoms with Gasteiger partial charge in [0.1, 0.15) is 23.9 Å². The van der Waals surface area contributed by atoms with E-state index in [-0.39, 0.29) is 41.9 Å². The van der Waals surface area contributed by atoms with Gasteiger partial charge in [-0.15, -0.1) is 0 Å². The molecular formula is C49H55NO14. The van der Waals surface area contributed by atoms with Gasteiger partial charge in [-0.25, -0.2) is 14.4 Å². The summed E-state index contributed by atoms with van der Waals surface area (Å²) in [6.07, 6.45) is -9.72. The van der Waals surface area contributed by atoms with Crippen molar-refractivity contribution in [3.05, 3.63) is 119 Å². The fraction of sp³-hybridized carbons (Fsp3) is 0.469. The summed E-state index contributed by atoms with van der Waals surface area (Å²) in [5.41, 5.74) is -4.50. The molecule has 1 saturated heterocycles. The molecule has 7 rings (SSSR count). The number of esters is 3. The van der Waals surface area contributed by atoms with Crippen molar-refractivity contribution in [1.29, 1.82) is 0 Å². The number of hydrogen-bond acceptors (Lipinski definition) is 14. The summed E-state index contributed by atoms with van der Waals surface area (Å²) in [6.45, 7) is 9.34. The quantitative estimate of drug-likeness (QED) is 0.115. The maximum atomic E-state index is 15.4. The Bertz CT molecular complexity index is 2280. The van der Waals surface area contributed by atoms with Crippen molar-refractivity contribution in [2.24, 2.45) is 22.7 Å². The zero-order chi connectivity index (χ0) is 46.1. The van der Waals surface area contributed by atoms with E-state index in [9.17, 15) is 34.2 Å². The highest BCUT2D eigenvalue weighted by molar-refractivity contribution is 5.96. The van der Waals surface area contributed by atoms with Gasteiger partial charge in [0.2, 0.25) is 6.10 Å². The van der Waals surface area contributed by atoms with Gasteiger partial charge in [0.25, 0.3) is 5.91 Å². The average molecular weight is 882 g/mol. The monoisotopic (exact) mass is 881 g/mol. The predicted octanol–water partition coefficient (Wildman–Crippen LogP) is 5.62. The molecule has 1 amide bonds. The van der Waals surface area contributed by atoms with Gasteiger partial charge in [-0.3, -0.25) is 14.4 Å². The number of carbonyl (C=O) groups is 6. The maximum absolute atomic E-state index is 15.4. The molecule has 3 fully saturated rings. The molecule has 15 nitrogen and oxygen atoms in total. The summed E-state index contributed by atoms with van der Waals surface area (Å²) >= 11 is 0. The first-order chi connectivity index (χ1) is 30.4. The SMILES string of the molecule is CCCOC(=O)O[C@@H](C(=O)O[C@H]1CC2(O)C(OC(=O)c3ccccc3)C3C4COC4CC(O)C3(C)C(=O)C(OC(C)=O)C(=C1C)C2(C)C)[C@@H](NC(=O)c1ccccc1)c1ccccc1. The summed E-state index contributed by atoms with van der Waals surface area (Å²) in [7, 11) is 0. The van der Waals surface area contributed by atoms with Crippen molar-refractivity contribution < 1.29 is 67.4 Å². The molecule has 4 aliphatic rings. The van der Waals surface area contributed by atoms with Gasteiger partial charge in [-0.2, -0.15) is 0 Å². The van der Waals surface area contributed by atoms with Gasteiger partial charge >= 0.3 is 24.1 Å². The highest BCUT2D eigenvalue weighted by Crippen LogP contribution is 2.62. The van der Waals surface area contributed by atoms with Crippen LogP contribution in [0.1, 0.15) is 93.1 Å². The Labute approximate surface area is 371 Å². The fourth-order valence-electron chi connectivity index (χ4n) is 10.2. The van der Waals surface area contributed by atoms with Crippen molar-refractivity contribution >= 4 is 35.8 Å². The third-order valence-electron chi connectivity index (χ3n) is 13.7. The molecule has 0 aromatic heterocycles. The Morgan fingerprint density at radius 3 is 2.06 bits per heavy atom. The van der Waals surface area contributed by atoms with Crippen molar-refractivity contribution in [1.82, 2.24) is 5.32 Å². The van der Waals surface area contributed by atoms with Gasteiger partial charge in [0.05, 0.1) is 36.4 Å². The first-order valence-corrected chi connectivity index (χ1v) is 21.6. The van der Waals surface area contributed by atoms with Gasteiger partial charge in [0, 0.05) is 42.6 Å². The third kappa shape index (κ3) is 8.32. The summed E-state index contributed by atoms with van der Waals surface area (Å²) < 4.78 is 35.5. The molecular weight excluding hydrogens is 827 g/mol.